The molecule has 5 nitrogen and oxygen atoms in total. The van der Waals surface area contributed by atoms with Crippen molar-refractivity contribution in [3.8, 4) is 5.75 Å². The molecule has 1 rings (SSSR count). The zero-order valence-electron chi connectivity index (χ0n) is 10.7. The Hall–Kier alpha value is -1.65. The van der Waals surface area contributed by atoms with Crippen LogP contribution in [0.15, 0.2) is 28.1 Å². The quantitative estimate of drug-likeness (QED) is 0.615. The highest BCUT2D eigenvalue weighted by atomic mass is 32.2. The summed E-state index contributed by atoms with van der Waals surface area (Å²) in [6.45, 7) is 3.36. The molecule has 98 valence electrons. The molecule has 0 aliphatic heterocycles. The van der Waals surface area contributed by atoms with Crippen molar-refractivity contribution in [1.82, 2.24) is 0 Å². The van der Waals surface area contributed by atoms with Crippen LogP contribution in [0.3, 0.4) is 0 Å². The van der Waals surface area contributed by atoms with E-state index in [4.69, 9.17) is 4.74 Å². The monoisotopic (exact) mass is 269 g/mol. The molecule has 1 aromatic carbocycles. The predicted molar refractivity (Wildman–Crippen MR) is 67.3 cm³/mol. The van der Waals surface area contributed by atoms with E-state index in [1.54, 1.807) is 19.9 Å². The number of benzene rings is 1. The fourth-order valence-electron chi connectivity index (χ4n) is 1.57. The molecule has 0 aliphatic rings. The van der Waals surface area contributed by atoms with Gasteiger partial charge in [-0.05, 0) is 32.0 Å². The van der Waals surface area contributed by atoms with E-state index in [1.165, 1.54) is 25.3 Å². The topological polar surface area (TPSA) is 72.8 Å². The number of hydrogen-bond donors (Lipinski definition) is 0. The summed E-state index contributed by atoms with van der Waals surface area (Å²) in [6, 6.07) is 4.47. The van der Waals surface area contributed by atoms with Crippen LogP contribution in [-0.2, 0) is 20.2 Å². The minimum atomic E-state index is -3.32. The van der Waals surface area contributed by atoms with Crippen molar-refractivity contribution < 1.29 is 17.9 Å². The van der Waals surface area contributed by atoms with Crippen LogP contribution < -0.4 is 4.74 Å². The fraction of sp³-hybridized carbons (Fsp3) is 0.417. The second-order valence-corrected chi connectivity index (χ2v) is 6.41. The lowest BCUT2D eigenvalue weighted by atomic mass is 9.94. The first-order valence-electron chi connectivity index (χ1n) is 5.20. The number of methoxy groups -OCH3 is 1. The lowest BCUT2D eigenvalue weighted by Crippen LogP contribution is -2.16. The van der Waals surface area contributed by atoms with E-state index in [-0.39, 0.29) is 4.90 Å². The van der Waals surface area contributed by atoms with Gasteiger partial charge in [0.1, 0.15) is 5.75 Å². The summed E-state index contributed by atoms with van der Waals surface area (Å²) in [4.78, 5) is 14.3. The second kappa shape index (κ2) is 4.92. The van der Waals surface area contributed by atoms with Gasteiger partial charge in [-0.1, -0.05) is 0 Å². The van der Waals surface area contributed by atoms with Gasteiger partial charge in [0.05, 0.1) is 17.5 Å². The van der Waals surface area contributed by atoms with Gasteiger partial charge in [-0.3, -0.25) is 0 Å². The second-order valence-electron chi connectivity index (χ2n) is 4.40. The van der Waals surface area contributed by atoms with Crippen LogP contribution in [0.5, 0.6) is 5.75 Å². The minimum absolute atomic E-state index is 0.160. The smallest absolute Gasteiger partial charge is 0.235 e. The van der Waals surface area contributed by atoms with Crippen molar-refractivity contribution in [2.45, 2.75) is 24.3 Å². The Kier molecular flexibility index (Phi) is 3.94. The molecule has 1 aromatic rings. The van der Waals surface area contributed by atoms with E-state index in [2.05, 4.69) is 4.99 Å². The van der Waals surface area contributed by atoms with E-state index < -0.39 is 15.4 Å². The third-order valence-corrected chi connectivity index (χ3v) is 3.69. The maximum absolute atomic E-state index is 11.5. The number of rotatable bonds is 4. The van der Waals surface area contributed by atoms with Crippen LogP contribution >= 0.6 is 0 Å². The van der Waals surface area contributed by atoms with Gasteiger partial charge in [-0.2, -0.15) is 4.99 Å². The highest BCUT2D eigenvalue weighted by Gasteiger charge is 2.25. The van der Waals surface area contributed by atoms with Crippen LogP contribution in [0, 0.1) is 0 Å². The van der Waals surface area contributed by atoms with Crippen molar-refractivity contribution >= 4 is 15.9 Å². The average molecular weight is 269 g/mol. The summed E-state index contributed by atoms with van der Waals surface area (Å²) in [5.41, 5.74) is -0.371. The van der Waals surface area contributed by atoms with E-state index >= 15 is 0 Å². The summed E-state index contributed by atoms with van der Waals surface area (Å²) in [5, 5.41) is 0. The summed E-state index contributed by atoms with van der Waals surface area (Å²) < 4.78 is 28.2. The van der Waals surface area contributed by atoms with Crippen LogP contribution in [0.2, 0.25) is 0 Å². The molecule has 0 fully saturated rings. The highest BCUT2D eigenvalue weighted by molar-refractivity contribution is 7.90. The Balaban J connectivity index is 3.54. The van der Waals surface area contributed by atoms with Gasteiger partial charge in [0.25, 0.3) is 0 Å². The maximum Gasteiger partial charge on any atom is 0.235 e. The normalized spacial score (nSPS) is 11.8. The Morgan fingerprint density at radius 3 is 2.39 bits per heavy atom. The van der Waals surface area contributed by atoms with Gasteiger partial charge in [-0.25, -0.2) is 13.2 Å². The average Bonchev–Trinajstić information content (AvgIpc) is 2.27. The molecule has 0 atom stereocenters. The fourth-order valence-corrected chi connectivity index (χ4v) is 2.22. The molecule has 0 radical (unpaired) electrons. The number of aliphatic imine (C=N–C) groups is 1. The van der Waals surface area contributed by atoms with Gasteiger partial charge in [0, 0.05) is 11.8 Å². The SMILES string of the molecule is COc1ccc(S(C)(=O)=O)cc1C(C)(C)N=C=O. The van der Waals surface area contributed by atoms with Gasteiger partial charge in [-0.15, -0.1) is 0 Å². The van der Waals surface area contributed by atoms with Crippen LogP contribution in [-0.4, -0.2) is 27.9 Å². The first-order chi connectivity index (χ1) is 8.22. The van der Waals surface area contributed by atoms with E-state index in [9.17, 15) is 13.2 Å². The maximum atomic E-state index is 11.5. The molecule has 0 aromatic heterocycles. The minimum Gasteiger partial charge on any atom is -0.496 e. The molecule has 18 heavy (non-hydrogen) atoms. The standard InChI is InChI=1S/C12H15NO4S/c1-12(2,13-8-14)10-7-9(18(4,15)16)5-6-11(10)17-3/h5-7H,1-4H3. The molecule has 6 heteroatoms. The Labute approximate surface area is 106 Å². The number of carbonyl (C=O) groups excluding carboxylic acids is 1. The Bertz CT molecular complexity index is 599. The van der Waals surface area contributed by atoms with Crippen LogP contribution in [0.1, 0.15) is 19.4 Å². The Morgan fingerprint density at radius 1 is 1.33 bits per heavy atom. The molecular formula is C12H15NO4S. The van der Waals surface area contributed by atoms with Crippen LogP contribution in [0.25, 0.3) is 0 Å². The molecule has 0 unspecified atom stereocenters. The largest absolute Gasteiger partial charge is 0.496 e. The van der Waals surface area contributed by atoms with E-state index in [0.29, 0.717) is 11.3 Å². The van der Waals surface area contributed by atoms with Gasteiger partial charge >= 0.3 is 0 Å². The number of isocyanates is 1. The zero-order valence-corrected chi connectivity index (χ0v) is 11.5. The first kappa shape index (κ1) is 14.4. The Morgan fingerprint density at radius 2 is 1.94 bits per heavy atom. The van der Waals surface area contributed by atoms with Crippen molar-refractivity contribution in [2.24, 2.45) is 4.99 Å². The summed E-state index contributed by atoms with van der Waals surface area (Å²) >= 11 is 0. The molecule has 0 N–H and O–H groups in total. The number of sulfone groups is 1. The van der Waals surface area contributed by atoms with Crippen molar-refractivity contribution in [3.63, 3.8) is 0 Å². The molecule has 0 saturated carbocycles. The van der Waals surface area contributed by atoms with E-state index in [0.717, 1.165) is 6.26 Å². The number of ether oxygens (including phenoxy) is 1. The van der Waals surface area contributed by atoms with Crippen molar-refractivity contribution in [1.29, 1.82) is 0 Å². The third kappa shape index (κ3) is 2.97. The molecule has 0 saturated heterocycles. The van der Waals surface area contributed by atoms with Gasteiger partial charge in [0.15, 0.2) is 9.84 Å². The van der Waals surface area contributed by atoms with Gasteiger partial charge in [0.2, 0.25) is 6.08 Å². The zero-order chi connectivity index (χ0) is 14.0. The predicted octanol–water partition coefficient (Wildman–Crippen LogP) is 1.67. The van der Waals surface area contributed by atoms with Gasteiger partial charge < -0.3 is 4.74 Å². The molecule has 0 aliphatic carbocycles. The summed E-state index contributed by atoms with van der Waals surface area (Å²) in [6.07, 6.45) is 2.61. The molecule has 0 spiro atoms. The molecular weight excluding hydrogens is 254 g/mol. The number of hydrogen-bond acceptors (Lipinski definition) is 5. The first-order valence-corrected chi connectivity index (χ1v) is 7.09. The molecule has 0 heterocycles. The summed E-state index contributed by atoms with van der Waals surface area (Å²) in [5.74, 6) is 0.478. The van der Waals surface area contributed by atoms with E-state index in [1.807, 2.05) is 0 Å². The lowest BCUT2D eigenvalue weighted by Gasteiger charge is -2.21. The summed E-state index contributed by atoms with van der Waals surface area (Å²) in [7, 11) is -1.85. The molecule has 0 bridgehead atoms. The number of nitrogens with zero attached hydrogens (tertiary/aromatic N) is 1. The van der Waals surface area contributed by atoms with Crippen molar-refractivity contribution in [2.75, 3.05) is 13.4 Å². The third-order valence-electron chi connectivity index (χ3n) is 2.58. The highest BCUT2D eigenvalue weighted by Crippen LogP contribution is 2.34. The lowest BCUT2D eigenvalue weighted by molar-refractivity contribution is 0.393. The van der Waals surface area contributed by atoms with Crippen molar-refractivity contribution in [3.05, 3.63) is 23.8 Å². The molecule has 0 amide bonds. The van der Waals surface area contributed by atoms with Crippen LogP contribution in [0.4, 0.5) is 0 Å².